The largest absolute Gasteiger partial charge is 0.508 e. The summed E-state index contributed by atoms with van der Waals surface area (Å²) in [5.74, 6) is 0.593. The molecule has 3 rings (SSSR count). The maximum Gasteiger partial charge on any atom is 0.254 e. The summed E-state index contributed by atoms with van der Waals surface area (Å²) in [6.07, 6.45) is 1.78. The Morgan fingerprint density at radius 2 is 1.83 bits per heavy atom. The molecule has 120 valence electrons. The molecular formula is C18H20N2O3. The molecule has 1 amide bonds. The Bertz CT molecular complexity index is 757. The maximum absolute atomic E-state index is 12.5. The number of phenolic OH excluding ortho intramolecular Hbond substituents is 1. The predicted octanol–water partition coefficient (Wildman–Crippen LogP) is 2.41. The van der Waals surface area contributed by atoms with E-state index < -0.39 is 0 Å². The number of nitrogens with zero attached hydrogens (tertiary/aromatic N) is 1. The van der Waals surface area contributed by atoms with Crippen LogP contribution in [0.2, 0.25) is 0 Å². The number of benzene rings is 1. The third kappa shape index (κ3) is 3.44. The van der Waals surface area contributed by atoms with Gasteiger partial charge in [0.1, 0.15) is 5.75 Å². The smallest absolute Gasteiger partial charge is 0.254 e. The molecule has 0 saturated carbocycles. The molecule has 2 aromatic rings. The molecular weight excluding hydrogens is 292 g/mol. The molecule has 1 aliphatic heterocycles. The number of aryl methyl sites for hydroxylation is 1. The molecule has 1 aromatic heterocycles. The van der Waals surface area contributed by atoms with Crippen molar-refractivity contribution < 1.29 is 9.90 Å². The average Bonchev–Trinajstić information content (AvgIpc) is 2.54. The lowest BCUT2D eigenvalue weighted by atomic mass is 9.89. The molecule has 1 saturated heterocycles. The van der Waals surface area contributed by atoms with Gasteiger partial charge >= 0.3 is 0 Å². The van der Waals surface area contributed by atoms with E-state index in [1.54, 1.807) is 25.1 Å². The van der Waals surface area contributed by atoms with Gasteiger partial charge in [-0.2, -0.15) is 0 Å². The summed E-state index contributed by atoms with van der Waals surface area (Å²) in [7, 11) is 0. The number of aromatic amines is 1. The van der Waals surface area contributed by atoms with E-state index in [0.29, 0.717) is 30.3 Å². The number of hydrogen-bond acceptors (Lipinski definition) is 3. The number of rotatable bonds is 2. The van der Waals surface area contributed by atoms with Crippen molar-refractivity contribution in [3.8, 4) is 5.75 Å². The van der Waals surface area contributed by atoms with E-state index in [2.05, 4.69) is 4.98 Å². The fourth-order valence-corrected chi connectivity index (χ4v) is 3.15. The van der Waals surface area contributed by atoms with Crippen LogP contribution in [-0.2, 0) is 0 Å². The van der Waals surface area contributed by atoms with Crippen LogP contribution in [0.25, 0.3) is 0 Å². The number of aromatic hydroxyl groups is 1. The van der Waals surface area contributed by atoms with E-state index in [1.165, 1.54) is 11.6 Å². The van der Waals surface area contributed by atoms with Gasteiger partial charge in [0.05, 0.1) is 0 Å². The molecule has 1 fully saturated rings. The Hall–Kier alpha value is -2.56. The molecule has 5 heteroatoms. The number of phenols is 1. The van der Waals surface area contributed by atoms with E-state index in [4.69, 9.17) is 0 Å². The van der Waals surface area contributed by atoms with Crippen molar-refractivity contribution in [1.82, 2.24) is 9.88 Å². The number of piperidine rings is 1. The second-order valence-corrected chi connectivity index (χ2v) is 6.07. The molecule has 1 aromatic carbocycles. The van der Waals surface area contributed by atoms with Crippen LogP contribution in [0.1, 0.15) is 40.4 Å². The molecule has 0 radical (unpaired) electrons. The van der Waals surface area contributed by atoms with Gasteiger partial charge in [-0.15, -0.1) is 0 Å². The normalized spacial score (nSPS) is 15.6. The van der Waals surface area contributed by atoms with Gasteiger partial charge in [-0.1, -0.05) is 12.1 Å². The third-order valence-electron chi connectivity index (χ3n) is 4.37. The fraction of sp³-hybridized carbons (Fsp3) is 0.333. The SMILES string of the molecule is Cc1cc(C(=O)N2CCC(c3ccc(O)cc3)CC2)cc(=O)[nH]1. The van der Waals surface area contributed by atoms with Crippen LogP contribution in [0.4, 0.5) is 0 Å². The zero-order chi connectivity index (χ0) is 16.4. The standard InChI is InChI=1S/C18H20N2O3/c1-12-10-15(11-17(22)19-12)18(23)20-8-6-14(7-9-20)13-2-4-16(21)5-3-13/h2-5,10-11,14,21H,6-9H2,1H3,(H,19,22). The minimum atomic E-state index is -0.243. The van der Waals surface area contributed by atoms with Crippen LogP contribution in [0, 0.1) is 6.92 Å². The lowest BCUT2D eigenvalue weighted by Crippen LogP contribution is -2.38. The van der Waals surface area contributed by atoms with Gasteiger partial charge in [0.2, 0.25) is 5.56 Å². The maximum atomic E-state index is 12.5. The summed E-state index contributed by atoms with van der Waals surface area (Å²) in [5.41, 5.74) is 2.10. The van der Waals surface area contributed by atoms with Gasteiger partial charge in [0.25, 0.3) is 5.91 Å². The molecule has 0 spiro atoms. The third-order valence-corrected chi connectivity index (χ3v) is 4.37. The van der Waals surface area contributed by atoms with E-state index in [1.807, 2.05) is 17.0 Å². The number of pyridine rings is 1. The highest BCUT2D eigenvalue weighted by atomic mass is 16.3. The second-order valence-electron chi connectivity index (χ2n) is 6.07. The van der Waals surface area contributed by atoms with Gasteiger partial charge < -0.3 is 15.0 Å². The predicted molar refractivity (Wildman–Crippen MR) is 87.8 cm³/mol. The first kappa shape index (κ1) is 15.3. The summed E-state index contributed by atoms with van der Waals surface area (Å²) in [5, 5.41) is 9.36. The first-order chi connectivity index (χ1) is 11.0. The number of aromatic nitrogens is 1. The van der Waals surface area contributed by atoms with E-state index >= 15 is 0 Å². The summed E-state index contributed by atoms with van der Waals surface area (Å²) < 4.78 is 0. The molecule has 0 aliphatic carbocycles. The number of carbonyl (C=O) groups is 1. The summed E-state index contributed by atoms with van der Waals surface area (Å²) >= 11 is 0. The van der Waals surface area contributed by atoms with Crippen LogP contribution >= 0.6 is 0 Å². The Morgan fingerprint density at radius 1 is 1.17 bits per heavy atom. The van der Waals surface area contributed by atoms with Crippen molar-refractivity contribution in [2.45, 2.75) is 25.7 Å². The molecule has 1 aliphatic rings. The number of likely N-dealkylation sites (tertiary alicyclic amines) is 1. The Balaban J connectivity index is 1.67. The highest BCUT2D eigenvalue weighted by Gasteiger charge is 2.24. The molecule has 0 atom stereocenters. The zero-order valence-electron chi connectivity index (χ0n) is 13.1. The van der Waals surface area contributed by atoms with Gasteiger partial charge in [-0.05, 0) is 49.4 Å². The molecule has 2 N–H and O–H groups in total. The molecule has 0 unspecified atom stereocenters. The van der Waals surface area contributed by atoms with Gasteiger partial charge in [-0.3, -0.25) is 9.59 Å². The first-order valence-corrected chi connectivity index (χ1v) is 7.82. The Morgan fingerprint density at radius 3 is 2.43 bits per heavy atom. The van der Waals surface area contributed by atoms with Crippen LogP contribution in [0.5, 0.6) is 5.75 Å². The van der Waals surface area contributed by atoms with Crippen LogP contribution in [0.15, 0.2) is 41.2 Å². The average molecular weight is 312 g/mol. The molecule has 0 bridgehead atoms. The lowest BCUT2D eigenvalue weighted by molar-refractivity contribution is 0.0712. The molecule has 23 heavy (non-hydrogen) atoms. The van der Waals surface area contributed by atoms with Crippen molar-refractivity contribution in [3.63, 3.8) is 0 Å². The van der Waals surface area contributed by atoms with E-state index in [0.717, 1.165) is 12.8 Å². The van der Waals surface area contributed by atoms with Crippen LogP contribution in [0.3, 0.4) is 0 Å². The van der Waals surface area contributed by atoms with Gasteiger partial charge in [-0.25, -0.2) is 0 Å². The van der Waals surface area contributed by atoms with Crippen molar-refractivity contribution in [1.29, 1.82) is 0 Å². The lowest BCUT2D eigenvalue weighted by Gasteiger charge is -2.32. The topological polar surface area (TPSA) is 73.4 Å². The molecule has 5 nitrogen and oxygen atoms in total. The van der Waals surface area contributed by atoms with Gasteiger partial charge in [0, 0.05) is 30.4 Å². The summed E-state index contributed by atoms with van der Waals surface area (Å²) in [6.45, 7) is 3.13. The number of amides is 1. The Kier molecular flexibility index (Phi) is 4.19. The quantitative estimate of drug-likeness (QED) is 0.894. The summed E-state index contributed by atoms with van der Waals surface area (Å²) in [6, 6.07) is 10.4. The van der Waals surface area contributed by atoms with Crippen molar-refractivity contribution in [3.05, 3.63) is 63.6 Å². The number of carbonyl (C=O) groups excluding carboxylic acids is 1. The fourth-order valence-electron chi connectivity index (χ4n) is 3.15. The van der Waals surface area contributed by atoms with Crippen LogP contribution in [-0.4, -0.2) is 34.0 Å². The Labute approximate surface area is 134 Å². The van der Waals surface area contributed by atoms with Crippen LogP contribution < -0.4 is 5.56 Å². The summed E-state index contributed by atoms with van der Waals surface area (Å²) in [4.78, 5) is 28.5. The zero-order valence-corrected chi connectivity index (χ0v) is 13.1. The highest BCUT2D eigenvalue weighted by molar-refractivity contribution is 5.94. The van der Waals surface area contributed by atoms with E-state index in [-0.39, 0.29) is 17.2 Å². The van der Waals surface area contributed by atoms with Crippen molar-refractivity contribution >= 4 is 5.91 Å². The highest BCUT2D eigenvalue weighted by Crippen LogP contribution is 2.29. The first-order valence-electron chi connectivity index (χ1n) is 7.82. The number of hydrogen-bond donors (Lipinski definition) is 2. The second kappa shape index (κ2) is 6.28. The molecule has 2 heterocycles. The van der Waals surface area contributed by atoms with Crippen molar-refractivity contribution in [2.24, 2.45) is 0 Å². The van der Waals surface area contributed by atoms with Crippen molar-refractivity contribution in [2.75, 3.05) is 13.1 Å². The van der Waals surface area contributed by atoms with Gasteiger partial charge in [0.15, 0.2) is 0 Å². The number of nitrogens with one attached hydrogen (secondary N) is 1. The minimum absolute atomic E-state index is 0.0802. The number of H-pyrrole nitrogens is 1. The minimum Gasteiger partial charge on any atom is -0.508 e. The van der Waals surface area contributed by atoms with E-state index in [9.17, 15) is 14.7 Å². The monoisotopic (exact) mass is 312 g/mol.